The van der Waals surface area contributed by atoms with Crippen molar-refractivity contribution < 1.29 is 4.74 Å². The zero-order valence-corrected chi connectivity index (χ0v) is 9.36. The third-order valence-corrected chi connectivity index (χ3v) is 2.65. The largest absolute Gasteiger partial charge is 0.377 e. The number of rotatable bonds is 2. The van der Waals surface area contributed by atoms with Gasteiger partial charge in [0.05, 0.1) is 18.9 Å². The van der Waals surface area contributed by atoms with E-state index in [4.69, 9.17) is 4.74 Å². The molecule has 0 saturated heterocycles. The second-order valence-corrected chi connectivity index (χ2v) is 4.16. The third kappa shape index (κ3) is 2.45. The summed E-state index contributed by atoms with van der Waals surface area (Å²) in [6.07, 6.45) is 3.12. The Balaban J connectivity index is 2.27. The molecule has 2 nitrogen and oxygen atoms in total. The summed E-state index contributed by atoms with van der Waals surface area (Å²) >= 11 is 0. The number of nitrogens with zero attached hydrogens (tertiary/aromatic N) is 1. The van der Waals surface area contributed by atoms with Gasteiger partial charge in [-0.25, -0.2) is 0 Å². The van der Waals surface area contributed by atoms with Crippen molar-refractivity contribution in [3.63, 3.8) is 0 Å². The number of ether oxygens (including phenoxy) is 1. The summed E-state index contributed by atoms with van der Waals surface area (Å²) in [4.78, 5) is 4.67. The van der Waals surface area contributed by atoms with Gasteiger partial charge >= 0.3 is 0 Å². The van der Waals surface area contributed by atoms with E-state index < -0.39 is 0 Å². The molecule has 2 heterocycles. The molecule has 1 aliphatic rings. The fourth-order valence-corrected chi connectivity index (χ4v) is 1.71. The Morgan fingerprint density at radius 3 is 2.87 bits per heavy atom. The molecule has 0 aromatic carbocycles. The van der Waals surface area contributed by atoms with Crippen LogP contribution in [0.5, 0.6) is 0 Å². The highest BCUT2D eigenvalue weighted by Crippen LogP contribution is 2.21. The van der Waals surface area contributed by atoms with E-state index in [1.165, 1.54) is 11.3 Å². The van der Waals surface area contributed by atoms with Crippen LogP contribution in [0.25, 0.3) is 5.57 Å². The van der Waals surface area contributed by atoms with Gasteiger partial charge < -0.3 is 4.74 Å². The summed E-state index contributed by atoms with van der Waals surface area (Å²) in [5.41, 5.74) is 3.60. The average Bonchev–Trinajstić information content (AvgIpc) is 2.30. The Hall–Kier alpha value is -1.15. The first-order valence-corrected chi connectivity index (χ1v) is 5.51. The molecule has 2 rings (SSSR count). The second kappa shape index (κ2) is 4.58. The van der Waals surface area contributed by atoms with Crippen LogP contribution in [0, 0.1) is 0 Å². The monoisotopic (exact) mass is 203 g/mol. The first-order chi connectivity index (χ1) is 7.27. The van der Waals surface area contributed by atoms with Gasteiger partial charge in [0.1, 0.15) is 0 Å². The first kappa shape index (κ1) is 10.4. The highest BCUT2D eigenvalue weighted by Gasteiger charge is 2.09. The lowest BCUT2D eigenvalue weighted by Crippen LogP contribution is -2.05. The first-order valence-electron chi connectivity index (χ1n) is 5.51. The fourth-order valence-electron chi connectivity index (χ4n) is 1.71. The van der Waals surface area contributed by atoms with Gasteiger partial charge in [-0.05, 0) is 30.0 Å². The van der Waals surface area contributed by atoms with Crippen molar-refractivity contribution in [1.29, 1.82) is 0 Å². The number of hydrogen-bond donors (Lipinski definition) is 0. The van der Waals surface area contributed by atoms with Gasteiger partial charge in [-0.15, -0.1) is 0 Å². The maximum Gasteiger partial charge on any atom is 0.0663 e. The van der Waals surface area contributed by atoms with E-state index in [1.807, 2.05) is 0 Å². The molecular weight excluding hydrogens is 186 g/mol. The van der Waals surface area contributed by atoms with Crippen LogP contribution < -0.4 is 0 Å². The minimum Gasteiger partial charge on any atom is -0.377 e. The predicted molar refractivity (Wildman–Crippen MR) is 61.7 cm³/mol. The fraction of sp³-hybridized carbons (Fsp3) is 0.462. The molecule has 0 atom stereocenters. The molecule has 0 saturated carbocycles. The maximum atomic E-state index is 5.29. The van der Waals surface area contributed by atoms with Gasteiger partial charge in [-0.3, -0.25) is 4.98 Å². The van der Waals surface area contributed by atoms with Gasteiger partial charge in [0.15, 0.2) is 0 Å². The summed E-state index contributed by atoms with van der Waals surface area (Å²) in [5, 5.41) is 0. The minimum atomic E-state index is 0.491. The zero-order valence-electron chi connectivity index (χ0n) is 9.36. The number of pyridine rings is 1. The van der Waals surface area contributed by atoms with Crippen LogP contribution in [0.3, 0.4) is 0 Å². The smallest absolute Gasteiger partial charge is 0.0663 e. The lowest BCUT2D eigenvalue weighted by molar-refractivity contribution is 0.161. The molecule has 0 aliphatic carbocycles. The summed E-state index contributed by atoms with van der Waals surface area (Å²) < 4.78 is 5.29. The van der Waals surface area contributed by atoms with Gasteiger partial charge in [-0.1, -0.05) is 26.0 Å². The highest BCUT2D eigenvalue weighted by atomic mass is 16.5. The molecule has 1 aromatic heterocycles. The molecule has 0 N–H and O–H groups in total. The average molecular weight is 203 g/mol. The lowest BCUT2D eigenvalue weighted by atomic mass is 10.0. The van der Waals surface area contributed by atoms with Gasteiger partial charge in [-0.2, -0.15) is 0 Å². The predicted octanol–water partition coefficient (Wildman–Crippen LogP) is 3.01. The van der Waals surface area contributed by atoms with Crippen molar-refractivity contribution in [2.75, 3.05) is 13.2 Å². The number of hydrogen-bond acceptors (Lipinski definition) is 2. The van der Waals surface area contributed by atoms with Crippen molar-refractivity contribution in [3.05, 3.63) is 35.7 Å². The van der Waals surface area contributed by atoms with Crippen LogP contribution in [0.4, 0.5) is 0 Å². The molecule has 80 valence electrons. The van der Waals surface area contributed by atoms with Crippen LogP contribution in [-0.4, -0.2) is 18.2 Å². The number of aromatic nitrogens is 1. The Bertz CT molecular complexity index is 369. The second-order valence-electron chi connectivity index (χ2n) is 4.16. The van der Waals surface area contributed by atoms with Crippen molar-refractivity contribution >= 4 is 5.57 Å². The van der Waals surface area contributed by atoms with Crippen molar-refractivity contribution in [2.24, 2.45) is 0 Å². The molecule has 0 unspecified atom stereocenters. The van der Waals surface area contributed by atoms with E-state index >= 15 is 0 Å². The Morgan fingerprint density at radius 2 is 2.20 bits per heavy atom. The van der Waals surface area contributed by atoms with E-state index in [9.17, 15) is 0 Å². The zero-order chi connectivity index (χ0) is 10.7. The van der Waals surface area contributed by atoms with Crippen LogP contribution in [0.2, 0.25) is 0 Å². The van der Waals surface area contributed by atoms with E-state index in [1.54, 1.807) is 0 Å². The van der Waals surface area contributed by atoms with Gasteiger partial charge in [0.2, 0.25) is 0 Å². The maximum absolute atomic E-state index is 5.29. The molecule has 0 bridgehead atoms. The summed E-state index contributed by atoms with van der Waals surface area (Å²) in [5.74, 6) is 0.491. The Labute approximate surface area is 91.0 Å². The minimum absolute atomic E-state index is 0.491. The van der Waals surface area contributed by atoms with Crippen LogP contribution in [0.1, 0.15) is 37.6 Å². The summed E-state index contributed by atoms with van der Waals surface area (Å²) in [6.45, 7) is 5.89. The Kier molecular flexibility index (Phi) is 3.17. The molecule has 0 fully saturated rings. The lowest BCUT2D eigenvalue weighted by Gasteiger charge is -2.14. The molecule has 1 aromatic rings. The van der Waals surface area contributed by atoms with Crippen molar-refractivity contribution in [1.82, 2.24) is 4.98 Å². The van der Waals surface area contributed by atoms with Crippen LogP contribution in [0.15, 0.2) is 24.3 Å². The van der Waals surface area contributed by atoms with Crippen LogP contribution >= 0.6 is 0 Å². The standard InChI is InChI=1S/C13H17NO/c1-10(2)12-4-3-5-13(14-12)11-6-8-15-9-7-11/h3-6,10H,7-9H2,1-2H3. The molecule has 2 heteroatoms. The van der Waals surface area contributed by atoms with E-state index in [-0.39, 0.29) is 0 Å². The molecule has 0 amide bonds. The molecule has 15 heavy (non-hydrogen) atoms. The summed E-state index contributed by atoms with van der Waals surface area (Å²) in [6, 6.07) is 6.27. The van der Waals surface area contributed by atoms with E-state index in [0.717, 1.165) is 25.3 Å². The van der Waals surface area contributed by atoms with Crippen molar-refractivity contribution in [3.8, 4) is 0 Å². The SMILES string of the molecule is CC(C)c1cccc(C2=CCOCC2)n1. The molecule has 0 radical (unpaired) electrons. The molecule has 0 spiro atoms. The van der Waals surface area contributed by atoms with Crippen LogP contribution in [-0.2, 0) is 4.74 Å². The molecular formula is C13H17NO. The normalized spacial score (nSPS) is 16.6. The third-order valence-electron chi connectivity index (χ3n) is 2.65. The van der Waals surface area contributed by atoms with Gasteiger partial charge in [0, 0.05) is 5.69 Å². The topological polar surface area (TPSA) is 22.1 Å². The van der Waals surface area contributed by atoms with Crippen molar-refractivity contribution in [2.45, 2.75) is 26.2 Å². The van der Waals surface area contributed by atoms with Gasteiger partial charge in [0.25, 0.3) is 0 Å². The summed E-state index contributed by atoms with van der Waals surface area (Å²) in [7, 11) is 0. The Morgan fingerprint density at radius 1 is 1.33 bits per heavy atom. The molecule has 1 aliphatic heterocycles. The van der Waals surface area contributed by atoms with E-state index in [2.05, 4.69) is 43.1 Å². The van der Waals surface area contributed by atoms with E-state index in [0.29, 0.717) is 5.92 Å². The quantitative estimate of drug-likeness (QED) is 0.737. The highest BCUT2D eigenvalue weighted by molar-refractivity contribution is 5.63.